The normalized spacial score (nSPS) is 10.5. The van der Waals surface area contributed by atoms with Crippen LogP contribution < -0.4 is 5.32 Å². The quantitative estimate of drug-likeness (QED) is 0.365. The average Bonchev–Trinajstić information content (AvgIpc) is 2.56. The van der Waals surface area contributed by atoms with E-state index >= 15 is 0 Å². The fourth-order valence-electron chi connectivity index (χ4n) is 2.10. The largest absolute Gasteiger partial charge is 0.478 e. The SMILES string of the molecule is O=C(O)c1c(Br)c(Br)c(Br)c(Br)c1C(=O)NCCc1ccccc1. The van der Waals surface area contributed by atoms with E-state index in [4.69, 9.17) is 0 Å². The Morgan fingerprint density at radius 2 is 1.42 bits per heavy atom. The highest BCUT2D eigenvalue weighted by molar-refractivity contribution is 9.15. The zero-order valence-electron chi connectivity index (χ0n) is 12.1. The molecule has 0 bridgehead atoms. The molecule has 0 aliphatic heterocycles. The number of carboxylic acids is 1. The second kappa shape index (κ2) is 8.60. The maximum atomic E-state index is 12.5. The van der Waals surface area contributed by atoms with Crippen molar-refractivity contribution in [2.24, 2.45) is 0 Å². The summed E-state index contributed by atoms with van der Waals surface area (Å²) in [5.41, 5.74) is 1.06. The smallest absolute Gasteiger partial charge is 0.337 e. The second-order valence-corrected chi connectivity index (χ2v) is 7.97. The Morgan fingerprint density at radius 3 is 1.96 bits per heavy atom. The van der Waals surface area contributed by atoms with Crippen molar-refractivity contribution in [1.29, 1.82) is 0 Å². The first-order valence-electron chi connectivity index (χ1n) is 6.76. The average molecular weight is 585 g/mol. The van der Waals surface area contributed by atoms with Crippen molar-refractivity contribution in [2.75, 3.05) is 6.54 Å². The summed E-state index contributed by atoms with van der Waals surface area (Å²) in [6.07, 6.45) is 0.658. The van der Waals surface area contributed by atoms with Crippen LogP contribution in [0, 0.1) is 0 Å². The maximum absolute atomic E-state index is 12.5. The summed E-state index contributed by atoms with van der Waals surface area (Å²) in [4.78, 5) is 24.1. The number of carboxylic acid groups (broad SMARTS) is 1. The minimum atomic E-state index is -1.19. The Balaban J connectivity index is 2.27. The lowest BCUT2D eigenvalue weighted by Crippen LogP contribution is -2.28. The standard InChI is InChI=1S/C16H11Br4NO3/c17-11-9(10(16(23)24)12(18)14(20)13(11)19)15(22)21-7-6-8-4-2-1-3-5-8/h1-5H,6-7H2,(H,21,22)(H,23,24). The van der Waals surface area contributed by atoms with E-state index in [1.807, 2.05) is 30.3 Å². The lowest BCUT2D eigenvalue weighted by atomic mass is 10.1. The van der Waals surface area contributed by atoms with Gasteiger partial charge in [-0.2, -0.15) is 0 Å². The fraction of sp³-hybridized carbons (Fsp3) is 0.125. The van der Waals surface area contributed by atoms with E-state index in [0.717, 1.165) is 5.56 Å². The van der Waals surface area contributed by atoms with Gasteiger partial charge in [-0.05, 0) is 75.7 Å². The third kappa shape index (κ3) is 4.28. The maximum Gasteiger partial charge on any atom is 0.337 e. The molecule has 24 heavy (non-hydrogen) atoms. The number of hydrogen-bond acceptors (Lipinski definition) is 2. The molecule has 4 nitrogen and oxygen atoms in total. The first-order valence-corrected chi connectivity index (χ1v) is 9.93. The number of rotatable bonds is 5. The first kappa shape index (κ1) is 19.6. The summed E-state index contributed by atoms with van der Waals surface area (Å²) in [7, 11) is 0. The number of hydrogen-bond donors (Lipinski definition) is 2. The Labute approximate surface area is 172 Å². The molecule has 0 spiro atoms. The topological polar surface area (TPSA) is 66.4 Å². The van der Waals surface area contributed by atoms with Crippen LogP contribution in [0.1, 0.15) is 26.3 Å². The molecule has 0 fully saturated rings. The van der Waals surface area contributed by atoms with Gasteiger partial charge in [0, 0.05) is 24.4 Å². The van der Waals surface area contributed by atoms with Crippen LogP contribution in [0.2, 0.25) is 0 Å². The molecule has 2 rings (SSSR count). The molecule has 0 atom stereocenters. The highest BCUT2D eigenvalue weighted by atomic mass is 79.9. The zero-order chi connectivity index (χ0) is 17.9. The van der Waals surface area contributed by atoms with Crippen LogP contribution in [0.15, 0.2) is 48.2 Å². The van der Waals surface area contributed by atoms with Gasteiger partial charge in [-0.1, -0.05) is 30.3 Å². The van der Waals surface area contributed by atoms with E-state index < -0.39 is 11.9 Å². The van der Waals surface area contributed by atoms with Crippen molar-refractivity contribution < 1.29 is 14.7 Å². The van der Waals surface area contributed by atoms with Crippen molar-refractivity contribution in [3.63, 3.8) is 0 Å². The molecule has 0 radical (unpaired) electrons. The van der Waals surface area contributed by atoms with Crippen LogP contribution in [-0.4, -0.2) is 23.5 Å². The van der Waals surface area contributed by atoms with Crippen LogP contribution in [0.5, 0.6) is 0 Å². The third-order valence-electron chi connectivity index (χ3n) is 3.25. The molecular weight excluding hydrogens is 574 g/mol. The summed E-state index contributed by atoms with van der Waals surface area (Å²) in [6.45, 7) is 0.402. The molecule has 8 heteroatoms. The van der Waals surface area contributed by atoms with Crippen molar-refractivity contribution in [3.8, 4) is 0 Å². The molecule has 0 aromatic heterocycles. The van der Waals surface area contributed by atoms with E-state index in [1.165, 1.54) is 0 Å². The Morgan fingerprint density at radius 1 is 0.875 bits per heavy atom. The molecular formula is C16H11Br4NO3. The summed E-state index contributed by atoms with van der Waals surface area (Å²) in [6, 6.07) is 9.72. The number of carbonyl (C=O) groups excluding carboxylic acids is 1. The van der Waals surface area contributed by atoms with Gasteiger partial charge in [0.2, 0.25) is 0 Å². The van der Waals surface area contributed by atoms with Gasteiger partial charge in [0.25, 0.3) is 5.91 Å². The number of amides is 1. The van der Waals surface area contributed by atoms with Gasteiger partial charge >= 0.3 is 5.97 Å². The van der Waals surface area contributed by atoms with Gasteiger partial charge in [-0.25, -0.2) is 4.79 Å². The zero-order valence-corrected chi connectivity index (χ0v) is 18.4. The first-order chi connectivity index (χ1) is 11.3. The molecule has 2 aromatic carbocycles. The summed E-state index contributed by atoms with van der Waals surface area (Å²) in [5, 5.41) is 12.2. The van der Waals surface area contributed by atoms with Crippen LogP contribution in [0.4, 0.5) is 0 Å². The van der Waals surface area contributed by atoms with E-state index in [2.05, 4.69) is 69.0 Å². The third-order valence-corrected chi connectivity index (χ3v) is 8.02. The van der Waals surface area contributed by atoms with Gasteiger partial charge in [-0.15, -0.1) is 0 Å². The van der Waals surface area contributed by atoms with Crippen LogP contribution >= 0.6 is 63.7 Å². The molecule has 0 unspecified atom stereocenters. The molecule has 0 saturated heterocycles. The minimum absolute atomic E-state index is 0.0671. The number of carbonyl (C=O) groups is 2. The highest BCUT2D eigenvalue weighted by Crippen LogP contribution is 2.42. The van der Waals surface area contributed by atoms with Crippen LogP contribution in [-0.2, 0) is 6.42 Å². The van der Waals surface area contributed by atoms with Gasteiger partial charge in [0.05, 0.1) is 11.1 Å². The van der Waals surface area contributed by atoms with Gasteiger partial charge < -0.3 is 10.4 Å². The van der Waals surface area contributed by atoms with Crippen molar-refractivity contribution in [3.05, 3.63) is 64.9 Å². The van der Waals surface area contributed by atoms with E-state index in [9.17, 15) is 14.7 Å². The summed E-state index contributed by atoms with van der Waals surface area (Å²) < 4.78 is 1.77. The molecule has 1 amide bonds. The van der Waals surface area contributed by atoms with E-state index in [0.29, 0.717) is 30.9 Å². The van der Waals surface area contributed by atoms with Crippen LogP contribution in [0.25, 0.3) is 0 Å². The molecule has 2 aromatic rings. The van der Waals surface area contributed by atoms with Crippen molar-refractivity contribution >= 4 is 75.6 Å². The molecule has 0 saturated carbocycles. The Hall–Kier alpha value is -0.700. The minimum Gasteiger partial charge on any atom is -0.478 e. The van der Waals surface area contributed by atoms with Crippen molar-refractivity contribution in [2.45, 2.75) is 6.42 Å². The number of nitrogens with one attached hydrogen (secondary N) is 1. The van der Waals surface area contributed by atoms with Gasteiger partial charge in [0.15, 0.2) is 0 Å². The Bertz CT molecular complexity index is 794. The molecule has 0 aliphatic rings. The van der Waals surface area contributed by atoms with Crippen LogP contribution in [0.3, 0.4) is 0 Å². The highest BCUT2D eigenvalue weighted by Gasteiger charge is 2.27. The van der Waals surface area contributed by atoms with E-state index in [1.54, 1.807) is 0 Å². The monoisotopic (exact) mass is 581 g/mol. The number of benzene rings is 2. The number of aromatic carboxylic acids is 1. The predicted octanol–water partition coefficient (Wildman–Crippen LogP) is 5.41. The summed E-state index contributed by atoms with van der Waals surface area (Å²) in [5.74, 6) is -1.65. The fourth-order valence-corrected chi connectivity index (χ4v) is 4.57. The lowest BCUT2D eigenvalue weighted by molar-refractivity contribution is 0.0689. The molecule has 0 aliphatic carbocycles. The second-order valence-electron chi connectivity index (χ2n) is 4.80. The van der Waals surface area contributed by atoms with E-state index in [-0.39, 0.29) is 11.1 Å². The molecule has 0 heterocycles. The lowest BCUT2D eigenvalue weighted by Gasteiger charge is -2.14. The van der Waals surface area contributed by atoms with Crippen molar-refractivity contribution in [1.82, 2.24) is 5.32 Å². The number of halogens is 4. The van der Waals surface area contributed by atoms with Gasteiger partial charge in [-0.3, -0.25) is 4.79 Å². The predicted molar refractivity (Wildman–Crippen MR) is 107 cm³/mol. The summed E-state index contributed by atoms with van der Waals surface area (Å²) >= 11 is 13.2. The van der Waals surface area contributed by atoms with Gasteiger partial charge in [0.1, 0.15) is 0 Å². The molecule has 2 N–H and O–H groups in total. The Kier molecular flexibility index (Phi) is 7.03. The molecule has 126 valence electrons.